The molecule has 2 aromatic rings. The zero-order chi connectivity index (χ0) is 18.4. The Labute approximate surface area is 158 Å². The summed E-state index contributed by atoms with van der Waals surface area (Å²) in [4.78, 5) is 12.9. The van der Waals surface area contributed by atoms with Gasteiger partial charge in [-0.05, 0) is 67.0 Å². The SMILES string of the molecule is O=C(NCC1Cc2ccccc2C1)C1(S(=O)(=O)c2ccc(Cl)cc2)CC1. The summed E-state index contributed by atoms with van der Waals surface area (Å²) in [5.41, 5.74) is 2.64. The van der Waals surface area contributed by atoms with Crippen LogP contribution in [0.5, 0.6) is 0 Å². The number of hydrogen-bond donors (Lipinski definition) is 1. The van der Waals surface area contributed by atoms with Crippen LogP contribution in [0.15, 0.2) is 53.4 Å². The number of rotatable bonds is 5. The van der Waals surface area contributed by atoms with Gasteiger partial charge in [0.1, 0.15) is 0 Å². The minimum Gasteiger partial charge on any atom is -0.354 e. The summed E-state index contributed by atoms with van der Waals surface area (Å²) in [5, 5.41) is 3.38. The molecule has 4 nitrogen and oxygen atoms in total. The molecule has 6 heteroatoms. The Morgan fingerprint density at radius 1 is 1.04 bits per heavy atom. The monoisotopic (exact) mass is 389 g/mol. The summed E-state index contributed by atoms with van der Waals surface area (Å²) >= 11 is 5.84. The first kappa shape index (κ1) is 17.6. The van der Waals surface area contributed by atoms with Gasteiger partial charge in [0.15, 0.2) is 14.6 Å². The number of sulfone groups is 1. The van der Waals surface area contributed by atoms with E-state index in [9.17, 15) is 13.2 Å². The molecular weight excluding hydrogens is 370 g/mol. The van der Waals surface area contributed by atoms with E-state index in [0.29, 0.717) is 30.3 Å². The second-order valence-corrected chi connectivity index (χ2v) is 9.90. The molecule has 26 heavy (non-hydrogen) atoms. The van der Waals surface area contributed by atoms with E-state index in [-0.39, 0.29) is 10.8 Å². The van der Waals surface area contributed by atoms with Crippen LogP contribution in [0, 0.1) is 5.92 Å². The van der Waals surface area contributed by atoms with Crippen LogP contribution in [-0.4, -0.2) is 25.6 Å². The Balaban J connectivity index is 1.44. The van der Waals surface area contributed by atoms with Crippen LogP contribution in [0.1, 0.15) is 24.0 Å². The van der Waals surface area contributed by atoms with E-state index in [2.05, 4.69) is 17.4 Å². The van der Waals surface area contributed by atoms with Crippen molar-refractivity contribution in [2.45, 2.75) is 35.3 Å². The molecule has 1 amide bonds. The molecule has 0 spiro atoms. The summed E-state index contributed by atoms with van der Waals surface area (Å²) in [7, 11) is -3.71. The molecule has 2 aliphatic rings. The Morgan fingerprint density at radius 3 is 2.15 bits per heavy atom. The first-order chi connectivity index (χ1) is 12.4. The molecule has 136 valence electrons. The third-order valence-electron chi connectivity index (χ3n) is 5.44. The molecule has 0 unspecified atom stereocenters. The maximum atomic E-state index is 12.9. The van der Waals surface area contributed by atoms with Gasteiger partial charge in [-0.15, -0.1) is 0 Å². The largest absolute Gasteiger partial charge is 0.354 e. The normalized spacial score (nSPS) is 18.3. The Kier molecular flexibility index (Phi) is 4.32. The van der Waals surface area contributed by atoms with E-state index in [1.807, 2.05) is 12.1 Å². The van der Waals surface area contributed by atoms with Crippen LogP contribution >= 0.6 is 11.6 Å². The van der Waals surface area contributed by atoms with Crippen molar-refractivity contribution in [2.75, 3.05) is 6.54 Å². The van der Waals surface area contributed by atoms with Gasteiger partial charge in [0, 0.05) is 11.6 Å². The van der Waals surface area contributed by atoms with Crippen molar-refractivity contribution in [1.29, 1.82) is 0 Å². The molecule has 0 bridgehead atoms. The molecule has 2 aliphatic carbocycles. The van der Waals surface area contributed by atoms with Crippen molar-refractivity contribution < 1.29 is 13.2 Å². The van der Waals surface area contributed by atoms with Crippen LogP contribution in [0.4, 0.5) is 0 Å². The lowest BCUT2D eigenvalue weighted by Crippen LogP contribution is -2.43. The third-order valence-corrected chi connectivity index (χ3v) is 8.21. The predicted octanol–water partition coefficient (Wildman–Crippen LogP) is 3.18. The lowest BCUT2D eigenvalue weighted by Gasteiger charge is -2.18. The maximum absolute atomic E-state index is 12.9. The van der Waals surface area contributed by atoms with Gasteiger partial charge in [-0.3, -0.25) is 4.79 Å². The van der Waals surface area contributed by atoms with Gasteiger partial charge in [-0.2, -0.15) is 0 Å². The molecule has 0 radical (unpaired) electrons. The lowest BCUT2D eigenvalue weighted by atomic mass is 10.1. The minimum atomic E-state index is -3.71. The molecular formula is C20H20ClNO3S. The maximum Gasteiger partial charge on any atom is 0.241 e. The first-order valence-corrected chi connectivity index (χ1v) is 10.6. The second-order valence-electron chi connectivity index (χ2n) is 7.20. The van der Waals surface area contributed by atoms with E-state index in [4.69, 9.17) is 11.6 Å². The fourth-order valence-corrected chi connectivity index (χ4v) is 5.79. The standard InChI is InChI=1S/C20H20ClNO3S/c21-17-5-7-18(8-6-17)26(24,25)20(9-10-20)19(23)22-13-14-11-15-3-1-2-4-16(15)12-14/h1-8,14H,9-13H2,(H,22,23). The van der Waals surface area contributed by atoms with Crippen LogP contribution in [0.25, 0.3) is 0 Å². The van der Waals surface area contributed by atoms with Crippen molar-refractivity contribution in [3.8, 4) is 0 Å². The molecule has 2 aromatic carbocycles. The van der Waals surface area contributed by atoms with Crippen molar-refractivity contribution in [3.63, 3.8) is 0 Å². The minimum absolute atomic E-state index is 0.155. The number of hydrogen-bond acceptors (Lipinski definition) is 3. The Hall–Kier alpha value is -1.85. The molecule has 0 atom stereocenters. The average molecular weight is 390 g/mol. The van der Waals surface area contributed by atoms with Gasteiger partial charge in [0.05, 0.1) is 4.90 Å². The van der Waals surface area contributed by atoms with Crippen LogP contribution in [0.3, 0.4) is 0 Å². The molecule has 0 saturated heterocycles. The Morgan fingerprint density at radius 2 is 1.62 bits per heavy atom. The number of halogens is 1. The lowest BCUT2D eigenvalue weighted by molar-refractivity contribution is -0.121. The number of carbonyl (C=O) groups is 1. The zero-order valence-electron chi connectivity index (χ0n) is 14.2. The molecule has 0 aliphatic heterocycles. The summed E-state index contributed by atoms with van der Waals surface area (Å²) in [6.07, 6.45) is 2.59. The van der Waals surface area contributed by atoms with Gasteiger partial charge < -0.3 is 5.32 Å². The van der Waals surface area contributed by atoms with Gasteiger partial charge >= 0.3 is 0 Å². The van der Waals surface area contributed by atoms with E-state index in [0.717, 1.165) is 12.8 Å². The number of carbonyl (C=O) groups excluding carboxylic acids is 1. The molecule has 1 saturated carbocycles. The molecule has 0 aromatic heterocycles. The number of amides is 1. The van der Waals surface area contributed by atoms with Crippen LogP contribution in [-0.2, 0) is 27.5 Å². The topological polar surface area (TPSA) is 63.2 Å². The highest BCUT2D eigenvalue weighted by Crippen LogP contribution is 2.47. The molecule has 0 heterocycles. The molecule has 1 fully saturated rings. The summed E-state index contributed by atoms with van der Waals surface area (Å²) < 4.78 is 24.6. The Bertz CT molecular complexity index is 924. The predicted molar refractivity (Wildman–Crippen MR) is 101 cm³/mol. The van der Waals surface area contributed by atoms with Crippen LogP contribution in [0.2, 0.25) is 5.02 Å². The van der Waals surface area contributed by atoms with E-state index in [1.165, 1.54) is 35.4 Å². The fraction of sp³-hybridized carbons (Fsp3) is 0.350. The summed E-state index contributed by atoms with van der Waals surface area (Å²) in [6.45, 7) is 0.505. The average Bonchev–Trinajstić information content (AvgIpc) is 3.35. The van der Waals surface area contributed by atoms with Crippen LogP contribution < -0.4 is 5.32 Å². The number of fused-ring (bicyclic) bond motifs is 1. The van der Waals surface area contributed by atoms with Crippen molar-refractivity contribution in [1.82, 2.24) is 5.32 Å². The summed E-state index contributed by atoms with van der Waals surface area (Å²) in [5.74, 6) is -0.0474. The van der Waals surface area contributed by atoms with E-state index >= 15 is 0 Å². The smallest absolute Gasteiger partial charge is 0.241 e. The molecule has 4 rings (SSSR count). The quantitative estimate of drug-likeness (QED) is 0.854. The van der Waals surface area contributed by atoms with Gasteiger partial charge in [0.25, 0.3) is 0 Å². The van der Waals surface area contributed by atoms with E-state index < -0.39 is 14.6 Å². The highest BCUT2D eigenvalue weighted by molar-refractivity contribution is 7.94. The highest BCUT2D eigenvalue weighted by Gasteiger charge is 2.61. The number of nitrogens with one attached hydrogen (secondary N) is 1. The second kappa shape index (κ2) is 6.39. The van der Waals surface area contributed by atoms with Gasteiger partial charge in [0.2, 0.25) is 5.91 Å². The first-order valence-electron chi connectivity index (χ1n) is 8.78. The fourth-order valence-electron chi connectivity index (χ4n) is 3.76. The van der Waals surface area contributed by atoms with E-state index in [1.54, 1.807) is 0 Å². The molecule has 1 N–H and O–H groups in total. The van der Waals surface area contributed by atoms with Gasteiger partial charge in [-0.1, -0.05) is 35.9 Å². The third kappa shape index (κ3) is 2.93. The van der Waals surface area contributed by atoms with Crippen molar-refractivity contribution in [3.05, 3.63) is 64.7 Å². The van der Waals surface area contributed by atoms with Gasteiger partial charge in [-0.25, -0.2) is 8.42 Å². The highest BCUT2D eigenvalue weighted by atomic mass is 35.5. The zero-order valence-corrected chi connectivity index (χ0v) is 15.8. The summed E-state index contributed by atoms with van der Waals surface area (Å²) in [6, 6.07) is 14.3. The van der Waals surface area contributed by atoms with Crippen molar-refractivity contribution in [2.24, 2.45) is 5.92 Å². The number of benzene rings is 2. The van der Waals surface area contributed by atoms with Crippen molar-refractivity contribution >= 4 is 27.3 Å².